The fourth-order valence-corrected chi connectivity index (χ4v) is 2.46. The summed E-state index contributed by atoms with van der Waals surface area (Å²) in [6.07, 6.45) is 4.61. The van der Waals surface area contributed by atoms with Crippen LogP contribution in [0.5, 0.6) is 0 Å². The Kier molecular flexibility index (Phi) is 7.52. The molecule has 0 atom stereocenters. The van der Waals surface area contributed by atoms with Gasteiger partial charge in [-0.25, -0.2) is 0 Å². The van der Waals surface area contributed by atoms with E-state index in [9.17, 15) is 4.79 Å². The van der Waals surface area contributed by atoms with Crippen molar-refractivity contribution >= 4 is 5.91 Å². The van der Waals surface area contributed by atoms with Gasteiger partial charge in [0.05, 0.1) is 6.54 Å². The number of carbonyl (C=O) groups is 1. The maximum atomic E-state index is 11.8. The van der Waals surface area contributed by atoms with Crippen LogP contribution in [0.4, 0.5) is 0 Å². The summed E-state index contributed by atoms with van der Waals surface area (Å²) in [5.74, 6) is 0.943. The highest BCUT2D eigenvalue weighted by Gasteiger charge is 2.21. The lowest BCUT2D eigenvalue weighted by Crippen LogP contribution is -2.45. The van der Waals surface area contributed by atoms with E-state index in [-0.39, 0.29) is 11.4 Å². The van der Waals surface area contributed by atoms with Crippen molar-refractivity contribution in [1.29, 1.82) is 0 Å². The second kappa shape index (κ2) is 8.63. The van der Waals surface area contributed by atoms with Crippen molar-refractivity contribution in [2.24, 2.45) is 5.92 Å². The van der Waals surface area contributed by atoms with Crippen LogP contribution in [0.3, 0.4) is 0 Å². The number of unbranched alkanes of at least 4 members (excludes halogenated alkanes) is 1. The molecule has 0 aromatic heterocycles. The number of nitrogens with one attached hydrogen (secondary N) is 2. The van der Waals surface area contributed by atoms with E-state index in [1.165, 1.54) is 12.8 Å². The van der Waals surface area contributed by atoms with E-state index < -0.39 is 0 Å². The molecule has 0 aromatic carbocycles. The summed E-state index contributed by atoms with van der Waals surface area (Å²) >= 11 is 0. The first-order chi connectivity index (χ1) is 9.40. The van der Waals surface area contributed by atoms with Crippen molar-refractivity contribution in [3.63, 3.8) is 0 Å². The number of rotatable bonds is 7. The minimum Gasteiger partial charge on any atom is -0.355 e. The van der Waals surface area contributed by atoms with Gasteiger partial charge in [-0.2, -0.15) is 0 Å². The van der Waals surface area contributed by atoms with Crippen molar-refractivity contribution in [1.82, 2.24) is 15.5 Å². The Balaban J connectivity index is 2.14. The molecule has 4 nitrogen and oxygen atoms in total. The molecule has 118 valence electrons. The van der Waals surface area contributed by atoms with Gasteiger partial charge < -0.3 is 10.6 Å². The van der Waals surface area contributed by atoms with Crippen LogP contribution in [0.15, 0.2) is 0 Å². The van der Waals surface area contributed by atoms with E-state index in [2.05, 4.69) is 43.2 Å². The summed E-state index contributed by atoms with van der Waals surface area (Å²) in [6.45, 7) is 13.4. The highest BCUT2D eigenvalue weighted by atomic mass is 16.2. The summed E-state index contributed by atoms with van der Waals surface area (Å²) < 4.78 is 0. The average Bonchev–Trinajstić information content (AvgIpc) is 2.37. The number of piperidine rings is 1. The third kappa shape index (κ3) is 7.85. The molecule has 1 amide bonds. The van der Waals surface area contributed by atoms with Crippen LogP contribution in [0, 0.1) is 5.92 Å². The number of amides is 1. The standard InChI is InChI=1S/C16H33N3O/c1-5-6-9-17-15(20)13-19-10-7-14(8-11-19)12-18-16(2,3)4/h14,18H,5-13H2,1-4H3,(H,17,20). The lowest BCUT2D eigenvalue weighted by atomic mass is 9.95. The smallest absolute Gasteiger partial charge is 0.234 e. The predicted molar refractivity (Wildman–Crippen MR) is 84.8 cm³/mol. The Morgan fingerprint density at radius 3 is 2.45 bits per heavy atom. The van der Waals surface area contributed by atoms with Gasteiger partial charge in [0.2, 0.25) is 5.91 Å². The highest BCUT2D eigenvalue weighted by molar-refractivity contribution is 5.77. The monoisotopic (exact) mass is 283 g/mol. The van der Waals surface area contributed by atoms with Crippen LogP contribution < -0.4 is 10.6 Å². The highest BCUT2D eigenvalue weighted by Crippen LogP contribution is 2.17. The average molecular weight is 283 g/mol. The second-order valence-corrected chi connectivity index (χ2v) is 7.05. The Hall–Kier alpha value is -0.610. The van der Waals surface area contributed by atoms with E-state index in [0.717, 1.165) is 44.9 Å². The molecule has 1 fully saturated rings. The van der Waals surface area contributed by atoms with E-state index >= 15 is 0 Å². The Morgan fingerprint density at radius 2 is 1.90 bits per heavy atom. The van der Waals surface area contributed by atoms with Crippen LogP contribution >= 0.6 is 0 Å². The number of carbonyl (C=O) groups excluding carboxylic acids is 1. The number of hydrogen-bond acceptors (Lipinski definition) is 3. The van der Waals surface area contributed by atoms with E-state index in [1.54, 1.807) is 0 Å². The van der Waals surface area contributed by atoms with Gasteiger partial charge in [-0.15, -0.1) is 0 Å². The van der Waals surface area contributed by atoms with Crippen molar-refractivity contribution < 1.29 is 4.79 Å². The van der Waals surface area contributed by atoms with Crippen molar-refractivity contribution in [3.8, 4) is 0 Å². The van der Waals surface area contributed by atoms with Crippen molar-refractivity contribution in [2.45, 2.75) is 58.9 Å². The predicted octanol–water partition coefficient (Wildman–Crippen LogP) is 2.00. The van der Waals surface area contributed by atoms with Crippen molar-refractivity contribution in [2.75, 3.05) is 32.7 Å². The summed E-state index contributed by atoms with van der Waals surface area (Å²) in [7, 11) is 0. The zero-order valence-corrected chi connectivity index (χ0v) is 13.8. The molecule has 0 bridgehead atoms. The van der Waals surface area contributed by atoms with Gasteiger partial charge >= 0.3 is 0 Å². The molecular weight excluding hydrogens is 250 g/mol. The first-order valence-electron chi connectivity index (χ1n) is 8.15. The maximum absolute atomic E-state index is 11.8. The minimum absolute atomic E-state index is 0.185. The first-order valence-corrected chi connectivity index (χ1v) is 8.15. The van der Waals surface area contributed by atoms with Crippen LogP contribution in [-0.2, 0) is 4.79 Å². The zero-order chi connectivity index (χ0) is 15.0. The van der Waals surface area contributed by atoms with Gasteiger partial charge in [0.15, 0.2) is 0 Å². The summed E-state index contributed by atoms with van der Waals surface area (Å²) in [4.78, 5) is 14.0. The van der Waals surface area contributed by atoms with Crippen LogP contribution in [0.25, 0.3) is 0 Å². The minimum atomic E-state index is 0.185. The molecule has 0 unspecified atom stereocenters. The van der Waals surface area contributed by atoms with Gasteiger partial charge in [-0.05, 0) is 65.6 Å². The number of nitrogens with zero attached hydrogens (tertiary/aromatic N) is 1. The van der Waals surface area contributed by atoms with Crippen LogP contribution in [-0.4, -0.2) is 49.1 Å². The largest absolute Gasteiger partial charge is 0.355 e. The Bertz CT molecular complexity index is 278. The van der Waals surface area contributed by atoms with Crippen molar-refractivity contribution in [3.05, 3.63) is 0 Å². The lowest BCUT2D eigenvalue weighted by Gasteiger charge is -2.33. The van der Waals surface area contributed by atoms with E-state index in [4.69, 9.17) is 0 Å². The first kappa shape index (κ1) is 17.4. The van der Waals surface area contributed by atoms with Crippen LogP contribution in [0.2, 0.25) is 0 Å². The van der Waals surface area contributed by atoms with Gasteiger partial charge in [0.1, 0.15) is 0 Å². The number of likely N-dealkylation sites (tertiary alicyclic amines) is 1. The molecule has 0 aliphatic carbocycles. The molecule has 0 aromatic rings. The molecule has 1 aliphatic rings. The lowest BCUT2D eigenvalue weighted by molar-refractivity contribution is -0.122. The fourth-order valence-electron chi connectivity index (χ4n) is 2.46. The molecule has 1 aliphatic heterocycles. The molecule has 1 heterocycles. The zero-order valence-electron chi connectivity index (χ0n) is 13.8. The Morgan fingerprint density at radius 1 is 1.25 bits per heavy atom. The summed E-state index contributed by atoms with van der Waals surface area (Å²) in [6, 6.07) is 0. The van der Waals surface area contributed by atoms with Crippen LogP contribution in [0.1, 0.15) is 53.4 Å². The topological polar surface area (TPSA) is 44.4 Å². The molecule has 2 N–H and O–H groups in total. The maximum Gasteiger partial charge on any atom is 0.234 e. The number of hydrogen-bond donors (Lipinski definition) is 2. The van der Waals surface area contributed by atoms with E-state index in [1.807, 2.05) is 0 Å². The van der Waals surface area contributed by atoms with Gasteiger partial charge in [0.25, 0.3) is 0 Å². The third-order valence-electron chi connectivity index (χ3n) is 3.85. The molecule has 0 spiro atoms. The van der Waals surface area contributed by atoms with Gasteiger partial charge in [-0.1, -0.05) is 13.3 Å². The fraction of sp³-hybridized carbons (Fsp3) is 0.938. The molecule has 20 heavy (non-hydrogen) atoms. The molecular formula is C16H33N3O. The third-order valence-corrected chi connectivity index (χ3v) is 3.85. The SMILES string of the molecule is CCCCNC(=O)CN1CCC(CNC(C)(C)C)CC1. The Labute approximate surface area is 124 Å². The van der Waals surface area contributed by atoms with Gasteiger partial charge in [0, 0.05) is 12.1 Å². The molecule has 0 radical (unpaired) electrons. The summed E-state index contributed by atoms with van der Waals surface area (Å²) in [5, 5.41) is 6.58. The van der Waals surface area contributed by atoms with E-state index in [0.29, 0.717) is 6.54 Å². The summed E-state index contributed by atoms with van der Waals surface area (Å²) in [5.41, 5.74) is 0.205. The molecule has 0 saturated carbocycles. The molecule has 1 saturated heterocycles. The van der Waals surface area contributed by atoms with Gasteiger partial charge in [-0.3, -0.25) is 9.69 Å². The quantitative estimate of drug-likeness (QED) is 0.703. The normalized spacial score (nSPS) is 18.2. The second-order valence-electron chi connectivity index (χ2n) is 7.05. The molecule has 1 rings (SSSR count). The molecule has 4 heteroatoms.